The lowest BCUT2D eigenvalue weighted by Crippen LogP contribution is -2.23. The number of pyridine rings is 1. The van der Waals surface area contributed by atoms with Crippen molar-refractivity contribution in [2.75, 3.05) is 0 Å². The molecule has 4 nitrogen and oxygen atoms in total. The molecular weight excluding hydrogens is 238 g/mol. The first-order valence-electron chi connectivity index (χ1n) is 6.33. The van der Waals surface area contributed by atoms with Crippen LogP contribution in [0.5, 0.6) is 0 Å². The fourth-order valence-electron chi connectivity index (χ4n) is 2.33. The molecule has 1 N–H and O–H groups in total. The summed E-state index contributed by atoms with van der Waals surface area (Å²) in [7, 11) is 0. The third kappa shape index (κ3) is 2.17. The highest BCUT2D eigenvalue weighted by Gasteiger charge is 2.07. The minimum absolute atomic E-state index is 0.0275. The van der Waals surface area contributed by atoms with Gasteiger partial charge in [0.15, 0.2) is 0 Å². The maximum Gasteiger partial charge on any atom is 0.261 e. The van der Waals surface area contributed by atoms with E-state index in [4.69, 9.17) is 0 Å². The number of hydrogen-bond acceptors (Lipinski definition) is 2. The quantitative estimate of drug-likeness (QED) is 0.778. The van der Waals surface area contributed by atoms with Crippen LogP contribution in [0.1, 0.15) is 11.3 Å². The Morgan fingerprint density at radius 1 is 1.26 bits per heavy atom. The van der Waals surface area contributed by atoms with E-state index in [9.17, 15) is 4.79 Å². The third-order valence-electron chi connectivity index (χ3n) is 3.39. The standard InChI is InChI=1S/C15H15N3O/c1-11-9-14-13(10-16-17-14)15(19)18(11)8-7-12-5-3-2-4-6-12/h2-6,9-10H,7-8H2,1H3,(H,16,17). The van der Waals surface area contributed by atoms with Crippen molar-refractivity contribution in [3.05, 3.63) is 64.2 Å². The van der Waals surface area contributed by atoms with Crippen molar-refractivity contribution in [2.24, 2.45) is 0 Å². The van der Waals surface area contributed by atoms with E-state index in [1.165, 1.54) is 5.56 Å². The van der Waals surface area contributed by atoms with Gasteiger partial charge < -0.3 is 4.57 Å². The van der Waals surface area contributed by atoms with Crippen molar-refractivity contribution < 1.29 is 0 Å². The molecule has 1 aromatic carbocycles. The zero-order valence-corrected chi connectivity index (χ0v) is 10.8. The van der Waals surface area contributed by atoms with Gasteiger partial charge >= 0.3 is 0 Å². The first-order valence-corrected chi connectivity index (χ1v) is 6.33. The van der Waals surface area contributed by atoms with Crippen LogP contribution in [0.25, 0.3) is 10.9 Å². The molecule has 2 heterocycles. The van der Waals surface area contributed by atoms with E-state index in [1.807, 2.05) is 35.8 Å². The maximum absolute atomic E-state index is 12.3. The summed E-state index contributed by atoms with van der Waals surface area (Å²) in [6.45, 7) is 2.64. The minimum Gasteiger partial charge on any atom is -0.312 e. The van der Waals surface area contributed by atoms with E-state index >= 15 is 0 Å². The SMILES string of the molecule is Cc1cc2[nH]ncc2c(=O)n1CCc1ccccc1. The molecule has 19 heavy (non-hydrogen) atoms. The van der Waals surface area contributed by atoms with Crippen molar-refractivity contribution >= 4 is 10.9 Å². The molecule has 3 rings (SSSR count). The number of aryl methyl sites for hydroxylation is 2. The molecule has 4 heteroatoms. The van der Waals surface area contributed by atoms with Crippen LogP contribution in [-0.2, 0) is 13.0 Å². The highest BCUT2D eigenvalue weighted by atomic mass is 16.1. The van der Waals surface area contributed by atoms with Crippen molar-refractivity contribution in [3.63, 3.8) is 0 Å². The number of benzene rings is 1. The maximum atomic E-state index is 12.3. The smallest absolute Gasteiger partial charge is 0.261 e. The Hall–Kier alpha value is -2.36. The monoisotopic (exact) mass is 253 g/mol. The fourth-order valence-corrected chi connectivity index (χ4v) is 2.33. The van der Waals surface area contributed by atoms with Crippen LogP contribution < -0.4 is 5.56 Å². The van der Waals surface area contributed by atoms with Gasteiger partial charge in [-0.3, -0.25) is 9.89 Å². The number of aromatic nitrogens is 3. The number of hydrogen-bond donors (Lipinski definition) is 1. The first-order chi connectivity index (χ1) is 9.25. The predicted molar refractivity (Wildman–Crippen MR) is 75.2 cm³/mol. The molecule has 0 amide bonds. The van der Waals surface area contributed by atoms with Crippen molar-refractivity contribution in [1.29, 1.82) is 0 Å². The van der Waals surface area contributed by atoms with Crippen LogP contribution in [0.3, 0.4) is 0 Å². The molecule has 0 atom stereocenters. The van der Waals surface area contributed by atoms with E-state index in [-0.39, 0.29) is 5.56 Å². The molecule has 0 unspecified atom stereocenters. The molecule has 0 saturated carbocycles. The summed E-state index contributed by atoms with van der Waals surface area (Å²) in [5.41, 5.74) is 3.02. The summed E-state index contributed by atoms with van der Waals surface area (Å²) in [4.78, 5) is 12.3. The Morgan fingerprint density at radius 2 is 2.05 bits per heavy atom. The number of fused-ring (bicyclic) bond motifs is 1. The number of rotatable bonds is 3. The van der Waals surface area contributed by atoms with E-state index < -0.39 is 0 Å². The van der Waals surface area contributed by atoms with Crippen LogP contribution >= 0.6 is 0 Å². The van der Waals surface area contributed by atoms with Gasteiger partial charge in [-0.15, -0.1) is 0 Å². The Balaban J connectivity index is 1.94. The van der Waals surface area contributed by atoms with Gasteiger partial charge in [0.05, 0.1) is 17.1 Å². The van der Waals surface area contributed by atoms with Crippen molar-refractivity contribution in [2.45, 2.75) is 19.9 Å². The first kappa shape index (κ1) is 11.7. The molecule has 96 valence electrons. The Kier molecular flexibility index (Phi) is 2.91. The topological polar surface area (TPSA) is 50.7 Å². The number of nitrogens with one attached hydrogen (secondary N) is 1. The van der Waals surface area contributed by atoms with Gasteiger partial charge in [-0.05, 0) is 25.0 Å². The second-order valence-corrected chi connectivity index (χ2v) is 4.68. The Bertz CT molecular complexity index is 756. The second kappa shape index (κ2) is 4.72. The Morgan fingerprint density at radius 3 is 2.84 bits per heavy atom. The number of aromatic amines is 1. The van der Waals surface area contributed by atoms with Crippen molar-refractivity contribution in [3.8, 4) is 0 Å². The summed E-state index contributed by atoms with van der Waals surface area (Å²) in [5, 5.41) is 7.41. The van der Waals surface area contributed by atoms with Crippen LogP contribution in [0.4, 0.5) is 0 Å². The average molecular weight is 253 g/mol. The molecule has 3 aromatic rings. The van der Waals surface area contributed by atoms with Crippen LogP contribution in [0.15, 0.2) is 47.4 Å². The lowest BCUT2D eigenvalue weighted by molar-refractivity contribution is 0.655. The lowest BCUT2D eigenvalue weighted by Gasteiger charge is -2.10. The number of H-pyrrole nitrogens is 1. The number of nitrogens with zero attached hydrogens (tertiary/aromatic N) is 2. The van der Waals surface area contributed by atoms with Gasteiger partial charge in [0.25, 0.3) is 5.56 Å². The van der Waals surface area contributed by atoms with E-state index in [0.29, 0.717) is 11.9 Å². The molecule has 0 saturated heterocycles. The zero-order valence-electron chi connectivity index (χ0n) is 10.8. The summed E-state index contributed by atoms with van der Waals surface area (Å²) >= 11 is 0. The highest BCUT2D eigenvalue weighted by Crippen LogP contribution is 2.09. The van der Waals surface area contributed by atoms with Gasteiger partial charge in [-0.25, -0.2) is 0 Å². The molecule has 0 aliphatic rings. The van der Waals surface area contributed by atoms with Crippen LogP contribution in [-0.4, -0.2) is 14.8 Å². The minimum atomic E-state index is 0.0275. The molecule has 0 spiro atoms. The molecule has 0 bridgehead atoms. The van der Waals surface area contributed by atoms with E-state index in [0.717, 1.165) is 17.6 Å². The van der Waals surface area contributed by atoms with Gasteiger partial charge in [0.1, 0.15) is 0 Å². The van der Waals surface area contributed by atoms with Crippen molar-refractivity contribution in [1.82, 2.24) is 14.8 Å². The largest absolute Gasteiger partial charge is 0.312 e. The molecule has 0 aliphatic carbocycles. The summed E-state index contributed by atoms with van der Waals surface area (Å²) < 4.78 is 1.81. The average Bonchev–Trinajstić information content (AvgIpc) is 2.88. The molecule has 2 aromatic heterocycles. The summed E-state index contributed by atoms with van der Waals surface area (Å²) in [5.74, 6) is 0. The van der Waals surface area contributed by atoms with E-state index in [1.54, 1.807) is 6.20 Å². The molecule has 0 aliphatic heterocycles. The van der Waals surface area contributed by atoms with Gasteiger partial charge in [0, 0.05) is 12.2 Å². The summed E-state index contributed by atoms with van der Waals surface area (Å²) in [6, 6.07) is 12.2. The van der Waals surface area contributed by atoms with Crippen LogP contribution in [0, 0.1) is 6.92 Å². The Labute approximate surface area is 110 Å². The molecular formula is C15H15N3O. The van der Waals surface area contributed by atoms with Crippen LogP contribution in [0.2, 0.25) is 0 Å². The van der Waals surface area contributed by atoms with Gasteiger partial charge in [0.2, 0.25) is 0 Å². The summed E-state index contributed by atoms with van der Waals surface area (Å²) in [6.07, 6.45) is 2.45. The normalized spacial score (nSPS) is 11.0. The second-order valence-electron chi connectivity index (χ2n) is 4.68. The lowest BCUT2D eigenvalue weighted by atomic mass is 10.1. The third-order valence-corrected chi connectivity index (χ3v) is 3.39. The van der Waals surface area contributed by atoms with Gasteiger partial charge in [-0.1, -0.05) is 30.3 Å². The molecule has 0 radical (unpaired) electrons. The zero-order chi connectivity index (χ0) is 13.2. The molecule has 0 fully saturated rings. The van der Waals surface area contributed by atoms with Gasteiger partial charge in [-0.2, -0.15) is 5.10 Å². The fraction of sp³-hybridized carbons (Fsp3) is 0.200. The van der Waals surface area contributed by atoms with E-state index in [2.05, 4.69) is 22.3 Å². The predicted octanol–water partition coefficient (Wildman–Crippen LogP) is 2.28. The highest BCUT2D eigenvalue weighted by molar-refractivity contribution is 5.76.